The van der Waals surface area contributed by atoms with Gasteiger partial charge in [0.25, 0.3) is 0 Å². The van der Waals surface area contributed by atoms with E-state index in [2.05, 4.69) is 34.3 Å². The number of hydrogen-bond acceptors (Lipinski definition) is 5. The standard InChI is InChI=1S/C19H25N3O3/c1-15-10-17(20-25-15)13-21(2)19(23)11-18-14-22(8-9-24-18)12-16-6-4-3-5-7-16/h3-7,10,18H,8-9,11-14H2,1-2H3/t18-/m1/s1. The van der Waals surface area contributed by atoms with Crippen molar-refractivity contribution in [3.8, 4) is 0 Å². The van der Waals surface area contributed by atoms with Crippen LogP contribution in [0.5, 0.6) is 0 Å². The van der Waals surface area contributed by atoms with E-state index < -0.39 is 0 Å². The van der Waals surface area contributed by atoms with Gasteiger partial charge < -0.3 is 14.2 Å². The molecule has 1 fully saturated rings. The predicted octanol–water partition coefficient (Wildman–Crippen LogP) is 2.23. The van der Waals surface area contributed by atoms with E-state index in [1.807, 2.05) is 19.1 Å². The average molecular weight is 343 g/mol. The SMILES string of the molecule is Cc1cc(CN(C)C(=O)C[C@@H]2CN(Cc3ccccc3)CCO2)no1. The van der Waals surface area contributed by atoms with Crippen LogP contribution in [-0.4, -0.2) is 53.7 Å². The second-order valence-corrected chi connectivity index (χ2v) is 6.60. The van der Waals surface area contributed by atoms with Crippen molar-refractivity contribution >= 4 is 5.91 Å². The maximum atomic E-state index is 12.5. The molecule has 1 saturated heterocycles. The molecular weight excluding hydrogens is 318 g/mol. The molecule has 1 aromatic heterocycles. The Labute approximate surface area is 148 Å². The van der Waals surface area contributed by atoms with Crippen LogP contribution >= 0.6 is 0 Å². The summed E-state index contributed by atoms with van der Waals surface area (Å²) in [6.07, 6.45) is 0.324. The second-order valence-electron chi connectivity index (χ2n) is 6.60. The number of aryl methyl sites for hydroxylation is 1. The summed E-state index contributed by atoms with van der Waals surface area (Å²) in [5.74, 6) is 0.815. The molecule has 0 spiro atoms. The summed E-state index contributed by atoms with van der Waals surface area (Å²) in [6.45, 7) is 5.53. The Morgan fingerprint density at radius 3 is 2.88 bits per heavy atom. The first-order valence-electron chi connectivity index (χ1n) is 8.64. The molecule has 134 valence electrons. The highest BCUT2D eigenvalue weighted by atomic mass is 16.5. The highest BCUT2D eigenvalue weighted by Crippen LogP contribution is 2.14. The van der Waals surface area contributed by atoms with Crippen molar-refractivity contribution in [1.82, 2.24) is 15.0 Å². The van der Waals surface area contributed by atoms with Gasteiger partial charge in [-0.3, -0.25) is 9.69 Å². The van der Waals surface area contributed by atoms with Crippen LogP contribution in [0.3, 0.4) is 0 Å². The molecule has 1 atom stereocenters. The maximum absolute atomic E-state index is 12.5. The topological polar surface area (TPSA) is 58.8 Å². The fourth-order valence-electron chi connectivity index (χ4n) is 3.06. The molecule has 1 amide bonds. The van der Waals surface area contributed by atoms with Gasteiger partial charge in [-0.15, -0.1) is 0 Å². The smallest absolute Gasteiger partial charge is 0.225 e. The third kappa shape index (κ3) is 5.14. The monoisotopic (exact) mass is 343 g/mol. The summed E-state index contributed by atoms with van der Waals surface area (Å²) < 4.78 is 10.8. The van der Waals surface area contributed by atoms with Gasteiger partial charge in [0.05, 0.1) is 25.7 Å². The van der Waals surface area contributed by atoms with Crippen LogP contribution in [0.15, 0.2) is 40.9 Å². The van der Waals surface area contributed by atoms with E-state index in [0.29, 0.717) is 19.6 Å². The third-order valence-corrected chi connectivity index (χ3v) is 4.38. The van der Waals surface area contributed by atoms with E-state index in [0.717, 1.165) is 31.1 Å². The van der Waals surface area contributed by atoms with Gasteiger partial charge in [0.1, 0.15) is 11.5 Å². The zero-order valence-electron chi connectivity index (χ0n) is 14.9. The number of hydrogen-bond donors (Lipinski definition) is 0. The number of rotatable bonds is 6. The van der Waals surface area contributed by atoms with Gasteiger partial charge in [-0.25, -0.2) is 0 Å². The molecule has 2 heterocycles. The Kier molecular flexibility index (Phi) is 5.83. The summed E-state index contributed by atoms with van der Waals surface area (Å²) in [7, 11) is 1.79. The maximum Gasteiger partial charge on any atom is 0.225 e. The minimum absolute atomic E-state index is 0.0622. The fourth-order valence-corrected chi connectivity index (χ4v) is 3.06. The van der Waals surface area contributed by atoms with Crippen molar-refractivity contribution < 1.29 is 14.1 Å². The molecule has 0 bridgehead atoms. The Bertz CT molecular complexity index is 686. The highest BCUT2D eigenvalue weighted by molar-refractivity contribution is 5.76. The lowest BCUT2D eigenvalue weighted by Crippen LogP contribution is -2.44. The third-order valence-electron chi connectivity index (χ3n) is 4.38. The predicted molar refractivity (Wildman–Crippen MR) is 93.8 cm³/mol. The van der Waals surface area contributed by atoms with Gasteiger partial charge >= 0.3 is 0 Å². The van der Waals surface area contributed by atoms with Gasteiger partial charge in [0, 0.05) is 32.7 Å². The first-order valence-corrected chi connectivity index (χ1v) is 8.64. The summed E-state index contributed by atoms with van der Waals surface area (Å²) in [6, 6.07) is 12.2. The molecule has 2 aromatic rings. The lowest BCUT2D eigenvalue weighted by molar-refractivity contribution is -0.135. The number of morpholine rings is 1. The molecule has 0 aliphatic carbocycles. The van der Waals surface area contributed by atoms with E-state index in [1.54, 1.807) is 11.9 Å². The van der Waals surface area contributed by atoms with Crippen LogP contribution in [-0.2, 0) is 22.6 Å². The molecule has 0 unspecified atom stereocenters. The number of nitrogens with zero attached hydrogens (tertiary/aromatic N) is 3. The number of carbonyl (C=O) groups excluding carboxylic acids is 1. The zero-order valence-corrected chi connectivity index (χ0v) is 14.9. The molecule has 25 heavy (non-hydrogen) atoms. The van der Waals surface area contributed by atoms with Gasteiger partial charge in [-0.1, -0.05) is 35.5 Å². The zero-order chi connectivity index (χ0) is 17.6. The molecule has 6 nitrogen and oxygen atoms in total. The molecule has 6 heteroatoms. The molecule has 1 aliphatic rings. The van der Waals surface area contributed by atoms with Gasteiger partial charge in [-0.2, -0.15) is 0 Å². The fraction of sp³-hybridized carbons (Fsp3) is 0.474. The molecule has 1 aliphatic heterocycles. The minimum Gasteiger partial charge on any atom is -0.375 e. The van der Waals surface area contributed by atoms with Crippen LogP contribution in [0.1, 0.15) is 23.4 Å². The minimum atomic E-state index is -0.0635. The van der Waals surface area contributed by atoms with Crippen molar-refractivity contribution in [1.29, 1.82) is 0 Å². The normalized spacial score (nSPS) is 18.2. The first-order chi connectivity index (χ1) is 12.1. The van der Waals surface area contributed by atoms with Crippen molar-refractivity contribution in [3.05, 3.63) is 53.4 Å². The van der Waals surface area contributed by atoms with E-state index in [1.165, 1.54) is 5.56 Å². The lowest BCUT2D eigenvalue weighted by atomic mass is 10.1. The Morgan fingerprint density at radius 2 is 2.16 bits per heavy atom. The van der Waals surface area contributed by atoms with E-state index in [4.69, 9.17) is 9.26 Å². The van der Waals surface area contributed by atoms with Crippen molar-refractivity contribution in [2.24, 2.45) is 0 Å². The van der Waals surface area contributed by atoms with Crippen LogP contribution < -0.4 is 0 Å². The van der Waals surface area contributed by atoms with Crippen LogP contribution in [0.25, 0.3) is 0 Å². The lowest BCUT2D eigenvalue weighted by Gasteiger charge is -2.33. The highest BCUT2D eigenvalue weighted by Gasteiger charge is 2.24. The summed E-state index contributed by atoms with van der Waals surface area (Å²) in [4.78, 5) is 16.5. The van der Waals surface area contributed by atoms with E-state index >= 15 is 0 Å². The Hall–Kier alpha value is -2.18. The van der Waals surface area contributed by atoms with Crippen molar-refractivity contribution in [2.75, 3.05) is 26.7 Å². The second kappa shape index (κ2) is 8.27. The number of amides is 1. The number of aromatic nitrogens is 1. The quantitative estimate of drug-likeness (QED) is 0.805. The summed E-state index contributed by atoms with van der Waals surface area (Å²) in [5.41, 5.74) is 2.05. The van der Waals surface area contributed by atoms with Gasteiger partial charge in [0.15, 0.2) is 0 Å². The number of benzene rings is 1. The van der Waals surface area contributed by atoms with Crippen molar-refractivity contribution in [2.45, 2.75) is 32.5 Å². The van der Waals surface area contributed by atoms with Crippen LogP contribution in [0, 0.1) is 6.92 Å². The van der Waals surface area contributed by atoms with E-state index in [9.17, 15) is 4.79 Å². The largest absolute Gasteiger partial charge is 0.375 e. The molecule has 0 saturated carbocycles. The van der Waals surface area contributed by atoms with Gasteiger partial charge in [0.2, 0.25) is 5.91 Å². The number of ether oxygens (including phenoxy) is 1. The molecule has 0 radical (unpaired) electrons. The molecule has 0 N–H and O–H groups in total. The average Bonchev–Trinajstić information content (AvgIpc) is 3.01. The summed E-state index contributed by atoms with van der Waals surface area (Å²) >= 11 is 0. The molecule has 1 aromatic carbocycles. The summed E-state index contributed by atoms with van der Waals surface area (Å²) in [5, 5.41) is 3.94. The molecule has 3 rings (SSSR count). The van der Waals surface area contributed by atoms with E-state index in [-0.39, 0.29) is 12.0 Å². The Morgan fingerprint density at radius 1 is 1.36 bits per heavy atom. The first kappa shape index (κ1) is 17.6. The Balaban J connectivity index is 1.48. The number of carbonyl (C=O) groups is 1. The molecular formula is C19H25N3O3. The van der Waals surface area contributed by atoms with Crippen LogP contribution in [0.4, 0.5) is 0 Å². The van der Waals surface area contributed by atoms with Crippen molar-refractivity contribution in [3.63, 3.8) is 0 Å². The van der Waals surface area contributed by atoms with Gasteiger partial charge in [-0.05, 0) is 12.5 Å². The van der Waals surface area contributed by atoms with Crippen LogP contribution in [0.2, 0.25) is 0 Å².